The third kappa shape index (κ3) is 8.61. The summed E-state index contributed by atoms with van der Waals surface area (Å²) in [4.78, 5) is 37.1. The van der Waals surface area contributed by atoms with E-state index in [9.17, 15) is 14.3 Å². The summed E-state index contributed by atoms with van der Waals surface area (Å²) < 4.78 is 52.6. The third-order valence-electron chi connectivity index (χ3n) is 11.3. The van der Waals surface area contributed by atoms with Gasteiger partial charge in [-0.15, -0.1) is 9.42 Å². The molecule has 6 aromatic rings. The van der Waals surface area contributed by atoms with Gasteiger partial charge in [0, 0.05) is 10.1 Å². The maximum Gasteiger partial charge on any atom is 0.695 e. The Morgan fingerprint density at radius 2 is 1.38 bits per heavy atom. The molecule has 2 N–H and O–H groups in total. The van der Waals surface area contributed by atoms with Crippen molar-refractivity contribution in [2.45, 2.75) is 69.0 Å². The molecule has 1 fully saturated rings. The van der Waals surface area contributed by atoms with Gasteiger partial charge in [-0.2, -0.15) is 0 Å². The summed E-state index contributed by atoms with van der Waals surface area (Å²) in [5.74, 6) is 1.17. The number of aromatic nitrogens is 4. The van der Waals surface area contributed by atoms with Gasteiger partial charge in [0.05, 0.1) is 27.2 Å². The van der Waals surface area contributed by atoms with Crippen LogP contribution < -0.4 is 14.8 Å². The average molecular weight is 851 g/mol. The van der Waals surface area contributed by atoms with E-state index in [4.69, 9.17) is 27.9 Å². The van der Waals surface area contributed by atoms with Crippen LogP contribution in [0.15, 0.2) is 122 Å². The number of rotatable bonds is 15. The zero-order valence-electron chi connectivity index (χ0n) is 34.5. The molecule has 1 saturated heterocycles. The summed E-state index contributed by atoms with van der Waals surface area (Å²) in [6, 6.07) is 33.8. The summed E-state index contributed by atoms with van der Waals surface area (Å²) in [6.45, 7) is 10.4. The van der Waals surface area contributed by atoms with Crippen LogP contribution in [0.5, 0.6) is 11.5 Å². The van der Waals surface area contributed by atoms with Crippen LogP contribution in [0.25, 0.3) is 11.2 Å². The number of carbonyl (C=O) groups excluding carboxylic acids is 1. The Balaban J connectivity index is 1.33. The Hall–Kier alpha value is -5.38. The molecule has 14 nitrogen and oxygen atoms in total. The number of anilines is 1. The lowest BCUT2D eigenvalue weighted by Gasteiger charge is -2.40. The first-order valence-electron chi connectivity index (χ1n) is 19.4. The fourth-order valence-corrected chi connectivity index (χ4v) is 8.87. The third-order valence-corrected chi connectivity index (χ3v) is 16.2. The van der Waals surface area contributed by atoms with Crippen molar-refractivity contribution in [2.75, 3.05) is 26.1 Å². The van der Waals surface area contributed by atoms with Crippen LogP contribution >= 0.6 is 8.25 Å². The molecule has 0 radical (unpaired) electrons. The fraction of sp³-hybridized carbons (Fsp3) is 0.318. The first-order valence-corrected chi connectivity index (χ1v) is 23.5. The molecule has 1 aliphatic rings. The zero-order valence-corrected chi connectivity index (χ0v) is 36.4. The van der Waals surface area contributed by atoms with Crippen LogP contribution in [0.2, 0.25) is 18.1 Å². The molecule has 0 saturated carbocycles. The monoisotopic (exact) mass is 850 g/mol. The molecule has 4 aromatic carbocycles. The summed E-state index contributed by atoms with van der Waals surface area (Å²) in [5, 5.41) is 2.59. The maximum atomic E-state index is 13.2. The van der Waals surface area contributed by atoms with Gasteiger partial charge in [0.25, 0.3) is 5.91 Å². The number of ether oxygens (including phenoxy) is 4. The smallest absolute Gasteiger partial charge is 0.497 e. The molecule has 7 rings (SSSR count). The molecule has 312 valence electrons. The minimum atomic E-state index is -3.14. The van der Waals surface area contributed by atoms with Crippen LogP contribution in [-0.2, 0) is 28.6 Å². The lowest BCUT2D eigenvalue weighted by molar-refractivity contribution is -0.0920. The lowest BCUT2D eigenvalue weighted by Crippen LogP contribution is -2.49. The summed E-state index contributed by atoms with van der Waals surface area (Å²) in [6.07, 6.45) is -1.11. The average Bonchev–Trinajstić information content (AvgIpc) is 3.82. The first kappa shape index (κ1) is 42.7. The van der Waals surface area contributed by atoms with Crippen molar-refractivity contribution in [3.63, 3.8) is 0 Å². The number of amides is 1. The number of carbonyl (C=O) groups is 1. The SMILES string of the molecule is COc1ccc(C(OC[C@H]2O[C@@H](n3cnc4c(NC(=O)c5ccccc5)ncnc43)[C@H](O[Si](C)(C)C(C)(C)C)[C@@H]2O[P+](=O)O)(c2ccccc2)c2ccc(OC)cc2)cc1. The van der Waals surface area contributed by atoms with E-state index in [1.165, 1.54) is 12.7 Å². The highest BCUT2D eigenvalue weighted by atomic mass is 31.1. The summed E-state index contributed by atoms with van der Waals surface area (Å²) in [7, 11) is -2.57. The summed E-state index contributed by atoms with van der Waals surface area (Å²) in [5.41, 5.74) is 2.26. The second-order valence-corrected chi connectivity index (χ2v) is 21.3. The van der Waals surface area contributed by atoms with E-state index in [2.05, 4.69) is 54.1 Å². The predicted molar refractivity (Wildman–Crippen MR) is 229 cm³/mol. The maximum absolute atomic E-state index is 13.2. The Morgan fingerprint density at radius 1 is 0.817 bits per heavy atom. The van der Waals surface area contributed by atoms with Crippen molar-refractivity contribution in [3.8, 4) is 11.5 Å². The van der Waals surface area contributed by atoms with E-state index >= 15 is 0 Å². The van der Waals surface area contributed by atoms with Crippen LogP contribution in [0, 0.1) is 0 Å². The largest absolute Gasteiger partial charge is 0.695 e. The van der Waals surface area contributed by atoms with Crippen molar-refractivity contribution in [3.05, 3.63) is 144 Å². The van der Waals surface area contributed by atoms with Crippen molar-refractivity contribution in [1.29, 1.82) is 0 Å². The topological polar surface area (TPSA) is 165 Å². The van der Waals surface area contributed by atoms with Gasteiger partial charge in [-0.05, 0) is 71.2 Å². The van der Waals surface area contributed by atoms with E-state index in [1.54, 1.807) is 43.1 Å². The quantitative estimate of drug-likeness (QED) is 0.0577. The Morgan fingerprint density at radius 3 is 1.93 bits per heavy atom. The standard InChI is InChI=1S/C44H48N5O9PSi/c1-43(2,3)60(6,7)58-38-37(57-59(51)52)35(56-42(38)49-28-47-36-39(45-27-46-40(36)49)48-41(50)29-14-10-8-11-15-29)26-55-44(30-16-12-9-13-17-30,31-18-22-33(53-4)23-19-31)32-20-24-34(54-5)25-21-32/h8-25,27-28,35,37-38,42H,26H2,1-7H3,(H-,45,46,48,50,51,52)/p+1/t35-,37-,38-,42-/m1/s1. The number of nitrogens with one attached hydrogen (secondary N) is 1. The van der Waals surface area contributed by atoms with E-state index in [0.717, 1.165) is 16.7 Å². The van der Waals surface area contributed by atoms with Crippen molar-refractivity contribution in [2.24, 2.45) is 0 Å². The van der Waals surface area contributed by atoms with Crippen LogP contribution in [0.4, 0.5) is 5.82 Å². The molecular formula is C44H49N5O9PSi+. The normalized spacial score (nSPS) is 18.6. The molecule has 3 heterocycles. The highest BCUT2D eigenvalue weighted by Crippen LogP contribution is 2.47. The van der Waals surface area contributed by atoms with Crippen LogP contribution in [0.3, 0.4) is 0 Å². The van der Waals surface area contributed by atoms with Crippen LogP contribution in [-0.4, -0.2) is 77.8 Å². The van der Waals surface area contributed by atoms with Crippen molar-refractivity contribution in [1.82, 2.24) is 19.5 Å². The number of hydrogen-bond donors (Lipinski definition) is 2. The number of methoxy groups -OCH3 is 2. The van der Waals surface area contributed by atoms with E-state index < -0.39 is 46.7 Å². The first-order chi connectivity index (χ1) is 28.8. The molecule has 16 heteroatoms. The number of fused-ring (bicyclic) bond motifs is 1. The van der Waals surface area contributed by atoms with Gasteiger partial charge >= 0.3 is 8.25 Å². The number of hydrogen-bond acceptors (Lipinski definition) is 11. The highest BCUT2D eigenvalue weighted by molar-refractivity contribution is 7.32. The van der Waals surface area contributed by atoms with Gasteiger partial charge in [-0.3, -0.25) is 9.36 Å². The molecule has 5 atom stereocenters. The number of nitrogens with zero attached hydrogens (tertiary/aromatic N) is 4. The van der Waals surface area contributed by atoms with Crippen molar-refractivity contribution >= 4 is 39.5 Å². The Bertz CT molecular complexity index is 2370. The molecule has 1 aliphatic heterocycles. The Labute approximate surface area is 350 Å². The van der Waals surface area contributed by atoms with Gasteiger partial charge in [0.2, 0.25) is 0 Å². The molecule has 1 unspecified atom stereocenters. The van der Waals surface area contributed by atoms with Gasteiger partial charge in [-0.1, -0.05) is 93.6 Å². The van der Waals surface area contributed by atoms with E-state index in [-0.39, 0.29) is 23.4 Å². The molecule has 0 bridgehead atoms. The molecule has 0 spiro atoms. The minimum absolute atomic E-state index is 0.130. The van der Waals surface area contributed by atoms with Crippen LogP contribution in [0.1, 0.15) is 54.0 Å². The second kappa shape index (κ2) is 17.7. The van der Waals surface area contributed by atoms with Gasteiger partial charge in [0.1, 0.15) is 35.6 Å². The molecule has 0 aliphatic carbocycles. The van der Waals surface area contributed by atoms with E-state index in [1.807, 2.05) is 84.9 Å². The summed E-state index contributed by atoms with van der Waals surface area (Å²) >= 11 is 0. The second-order valence-electron chi connectivity index (χ2n) is 15.9. The molecule has 1 amide bonds. The minimum Gasteiger partial charge on any atom is -0.497 e. The van der Waals surface area contributed by atoms with Gasteiger partial charge in [-0.25, -0.2) is 15.0 Å². The molecule has 2 aromatic heterocycles. The number of benzene rings is 4. The molecule has 60 heavy (non-hydrogen) atoms. The van der Waals surface area contributed by atoms with Gasteiger partial charge < -0.3 is 28.7 Å². The molecular weight excluding hydrogens is 802 g/mol. The highest BCUT2D eigenvalue weighted by Gasteiger charge is 2.56. The number of imidazole rings is 1. The Kier molecular flexibility index (Phi) is 12.6. The van der Waals surface area contributed by atoms with E-state index in [0.29, 0.717) is 28.2 Å². The lowest BCUT2D eigenvalue weighted by atomic mass is 9.80. The van der Waals surface area contributed by atoms with Crippen molar-refractivity contribution < 1.29 is 42.2 Å². The van der Waals surface area contributed by atoms with Gasteiger partial charge in [0.15, 0.2) is 37.6 Å². The fourth-order valence-electron chi connectivity index (χ4n) is 7.12. The predicted octanol–water partition coefficient (Wildman–Crippen LogP) is 8.43. The zero-order chi connectivity index (χ0) is 42.7.